The van der Waals surface area contributed by atoms with Crippen molar-refractivity contribution in [1.29, 1.82) is 5.26 Å². The number of aliphatic hydroxyl groups excluding tert-OH is 1. The molecule has 20 heavy (non-hydrogen) atoms. The Kier molecular flexibility index (Phi) is 4.83. The lowest BCUT2D eigenvalue weighted by Gasteiger charge is -2.34. The third-order valence-corrected chi connectivity index (χ3v) is 4.93. The summed E-state index contributed by atoms with van der Waals surface area (Å²) < 4.78 is 0. The first-order valence-electron chi connectivity index (χ1n) is 7.76. The van der Waals surface area contributed by atoms with Gasteiger partial charge in [-0.05, 0) is 43.4 Å². The van der Waals surface area contributed by atoms with E-state index in [1.165, 1.54) is 24.8 Å². The zero-order valence-corrected chi connectivity index (χ0v) is 12.7. The maximum absolute atomic E-state index is 10.9. The van der Waals surface area contributed by atoms with Crippen molar-refractivity contribution >= 4 is 0 Å². The predicted molar refractivity (Wildman–Crippen MR) is 81.2 cm³/mol. The van der Waals surface area contributed by atoms with Gasteiger partial charge in [0, 0.05) is 0 Å². The molecule has 0 amide bonds. The van der Waals surface area contributed by atoms with E-state index in [4.69, 9.17) is 0 Å². The molecular formula is C18H25NO. The number of hydrogen-bond acceptors (Lipinski definition) is 2. The lowest BCUT2D eigenvalue weighted by molar-refractivity contribution is 0.0429. The van der Waals surface area contributed by atoms with Gasteiger partial charge in [0.2, 0.25) is 0 Å². The van der Waals surface area contributed by atoms with Gasteiger partial charge in [-0.15, -0.1) is 0 Å². The Morgan fingerprint density at radius 1 is 1.10 bits per heavy atom. The molecule has 1 aliphatic carbocycles. The van der Waals surface area contributed by atoms with Gasteiger partial charge >= 0.3 is 0 Å². The molecule has 0 aromatic heterocycles. The second-order valence-corrected chi connectivity index (χ2v) is 6.23. The van der Waals surface area contributed by atoms with Gasteiger partial charge in [-0.25, -0.2) is 0 Å². The van der Waals surface area contributed by atoms with Gasteiger partial charge in [0.05, 0.1) is 17.6 Å². The minimum absolute atomic E-state index is 0.598. The van der Waals surface area contributed by atoms with E-state index >= 15 is 0 Å². The van der Waals surface area contributed by atoms with Crippen LogP contribution in [0, 0.1) is 30.6 Å². The molecule has 0 bridgehead atoms. The van der Waals surface area contributed by atoms with Gasteiger partial charge in [-0.2, -0.15) is 5.26 Å². The normalized spacial score (nSPS) is 20.5. The van der Waals surface area contributed by atoms with Crippen LogP contribution in [0.1, 0.15) is 67.7 Å². The van der Waals surface area contributed by atoms with Crippen LogP contribution in [0.25, 0.3) is 0 Å². The summed E-state index contributed by atoms with van der Waals surface area (Å²) in [6.45, 7) is 4.10. The average Bonchev–Trinajstić information content (AvgIpc) is 2.42. The third-order valence-electron chi connectivity index (χ3n) is 4.93. The molecular weight excluding hydrogens is 246 g/mol. The monoisotopic (exact) mass is 271 g/mol. The molecule has 1 saturated carbocycles. The van der Waals surface area contributed by atoms with Gasteiger partial charge < -0.3 is 5.11 Å². The second kappa shape index (κ2) is 6.41. The van der Waals surface area contributed by atoms with Crippen LogP contribution in [0.3, 0.4) is 0 Å². The van der Waals surface area contributed by atoms with Gasteiger partial charge in [-0.3, -0.25) is 0 Å². The molecule has 0 aliphatic heterocycles. The van der Waals surface area contributed by atoms with E-state index in [0.29, 0.717) is 0 Å². The highest BCUT2D eigenvalue weighted by atomic mass is 16.3. The van der Waals surface area contributed by atoms with Crippen molar-refractivity contribution in [2.75, 3.05) is 0 Å². The molecule has 2 nitrogen and oxygen atoms in total. The maximum atomic E-state index is 10.9. The van der Waals surface area contributed by atoms with Crippen LogP contribution in [0.4, 0.5) is 0 Å². The summed E-state index contributed by atoms with van der Waals surface area (Å²) in [6.07, 6.45) is 6.71. The molecule has 0 radical (unpaired) electrons. The molecule has 2 heteroatoms. The Hall–Kier alpha value is -1.33. The molecule has 1 N–H and O–H groups in total. The Bertz CT molecular complexity index is 493. The highest BCUT2D eigenvalue weighted by molar-refractivity contribution is 5.36. The number of nitriles is 1. The van der Waals surface area contributed by atoms with Crippen LogP contribution in [0.2, 0.25) is 0 Å². The van der Waals surface area contributed by atoms with E-state index in [1.54, 1.807) is 0 Å². The Morgan fingerprint density at radius 2 is 1.70 bits per heavy atom. The quantitative estimate of drug-likeness (QED) is 0.855. The minimum atomic E-state index is -0.662. The Labute approximate surface area is 122 Å². The number of rotatable bonds is 2. The van der Waals surface area contributed by atoms with Gasteiger partial charge in [0.1, 0.15) is 0 Å². The zero-order valence-electron chi connectivity index (χ0n) is 12.7. The fraction of sp³-hybridized carbons (Fsp3) is 0.611. The highest BCUT2D eigenvalue weighted by Gasteiger charge is 2.39. The summed E-state index contributed by atoms with van der Waals surface area (Å²) in [5.41, 5.74) is 2.64. The van der Waals surface area contributed by atoms with Crippen LogP contribution in [-0.4, -0.2) is 5.11 Å². The summed E-state index contributed by atoms with van der Waals surface area (Å²) in [5.74, 6) is 0. The average molecular weight is 271 g/mol. The molecule has 2 rings (SSSR count). The molecule has 1 aromatic carbocycles. The van der Waals surface area contributed by atoms with E-state index in [1.807, 2.05) is 19.1 Å². The molecule has 0 spiro atoms. The van der Waals surface area contributed by atoms with Crippen LogP contribution < -0.4 is 0 Å². The van der Waals surface area contributed by atoms with Crippen molar-refractivity contribution in [2.24, 2.45) is 5.41 Å². The van der Waals surface area contributed by atoms with Crippen molar-refractivity contribution in [3.63, 3.8) is 0 Å². The first kappa shape index (κ1) is 15.1. The van der Waals surface area contributed by atoms with Crippen LogP contribution in [0.5, 0.6) is 0 Å². The van der Waals surface area contributed by atoms with E-state index < -0.39 is 11.5 Å². The van der Waals surface area contributed by atoms with Gasteiger partial charge in [0.25, 0.3) is 0 Å². The van der Waals surface area contributed by atoms with Crippen molar-refractivity contribution in [3.05, 3.63) is 34.9 Å². The lowest BCUT2D eigenvalue weighted by Crippen LogP contribution is -2.29. The van der Waals surface area contributed by atoms with E-state index in [-0.39, 0.29) is 0 Å². The molecule has 1 fully saturated rings. The van der Waals surface area contributed by atoms with E-state index in [0.717, 1.165) is 36.8 Å². The Morgan fingerprint density at radius 3 is 2.30 bits per heavy atom. The van der Waals surface area contributed by atoms with Gasteiger partial charge in [-0.1, -0.05) is 50.3 Å². The summed E-state index contributed by atoms with van der Waals surface area (Å²) in [5, 5.41) is 20.6. The molecule has 0 heterocycles. The molecule has 108 valence electrons. The van der Waals surface area contributed by atoms with Crippen molar-refractivity contribution in [1.82, 2.24) is 0 Å². The number of aryl methyl sites for hydroxylation is 1. The topological polar surface area (TPSA) is 44.0 Å². The SMILES string of the molecule is Cc1cccc(C(O)C2(C#N)CCCCCCC2)c1C. The summed E-state index contributed by atoms with van der Waals surface area (Å²) in [4.78, 5) is 0. The van der Waals surface area contributed by atoms with Crippen LogP contribution in [-0.2, 0) is 0 Å². The van der Waals surface area contributed by atoms with Crippen molar-refractivity contribution in [3.8, 4) is 6.07 Å². The number of aliphatic hydroxyl groups is 1. The first-order chi connectivity index (χ1) is 9.60. The summed E-state index contributed by atoms with van der Waals surface area (Å²) in [7, 11) is 0. The van der Waals surface area contributed by atoms with Gasteiger partial charge in [0.15, 0.2) is 0 Å². The lowest BCUT2D eigenvalue weighted by atomic mass is 9.70. The third kappa shape index (κ3) is 2.88. The molecule has 1 aliphatic rings. The Balaban J connectivity index is 2.34. The van der Waals surface area contributed by atoms with E-state index in [2.05, 4.69) is 19.1 Å². The molecule has 0 saturated heterocycles. The zero-order chi connectivity index (χ0) is 14.6. The smallest absolute Gasteiger partial charge is 0.0978 e. The molecule has 1 unspecified atom stereocenters. The minimum Gasteiger partial charge on any atom is -0.387 e. The highest BCUT2D eigenvalue weighted by Crippen LogP contribution is 2.44. The van der Waals surface area contributed by atoms with Crippen LogP contribution >= 0.6 is 0 Å². The molecule has 1 aromatic rings. The fourth-order valence-electron chi connectivity index (χ4n) is 3.35. The van der Waals surface area contributed by atoms with Crippen LogP contribution in [0.15, 0.2) is 18.2 Å². The summed E-state index contributed by atoms with van der Waals surface area (Å²) in [6, 6.07) is 8.50. The van der Waals surface area contributed by atoms with Crippen molar-refractivity contribution < 1.29 is 5.11 Å². The predicted octanol–water partition coefficient (Wildman–Crippen LogP) is 4.59. The second-order valence-electron chi connectivity index (χ2n) is 6.23. The standard InChI is InChI=1S/C18H25NO/c1-14-9-8-10-16(15(14)2)17(20)18(13-19)11-6-4-3-5-7-12-18/h8-10,17,20H,3-7,11-12H2,1-2H3. The fourth-order valence-corrected chi connectivity index (χ4v) is 3.35. The maximum Gasteiger partial charge on any atom is 0.0978 e. The first-order valence-corrected chi connectivity index (χ1v) is 7.76. The van der Waals surface area contributed by atoms with E-state index in [9.17, 15) is 10.4 Å². The number of benzene rings is 1. The molecule has 1 atom stereocenters. The number of hydrogen-bond donors (Lipinski definition) is 1. The number of nitrogens with zero attached hydrogens (tertiary/aromatic N) is 1. The largest absolute Gasteiger partial charge is 0.387 e. The van der Waals surface area contributed by atoms with Crippen molar-refractivity contribution in [2.45, 2.75) is 64.9 Å². The summed E-state index contributed by atoms with van der Waals surface area (Å²) >= 11 is 0.